The minimum Gasteiger partial charge on any atom is -0.456 e. The van der Waals surface area contributed by atoms with Gasteiger partial charge in [0.25, 0.3) is 0 Å². The highest BCUT2D eigenvalue weighted by atomic mass is 32.2. The maximum atomic E-state index is 6.15. The molecule has 0 unspecified atom stereocenters. The summed E-state index contributed by atoms with van der Waals surface area (Å²) in [5.74, 6) is 0. The van der Waals surface area contributed by atoms with Crippen LogP contribution >= 0.6 is 11.8 Å². The Hall–Kier alpha value is -5.58. The Bertz CT molecular complexity index is 2540. The molecule has 0 N–H and O–H groups in total. The lowest BCUT2D eigenvalue weighted by Crippen LogP contribution is -1.83. The van der Waals surface area contributed by atoms with Crippen molar-refractivity contribution in [1.82, 2.24) is 4.98 Å². The van der Waals surface area contributed by atoms with Gasteiger partial charge in [-0.15, -0.1) is 0 Å². The molecule has 0 atom stereocenters. The fourth-order valence-corrected chi connectivity index (χ4v) is 7.13. The van der Waals surface area contributed by atoms with Crippen molar-refractivity contribution in [3.8, 4) is 33.4 Å². The molecule has 212 valence electrons. The van der Waals surface area contributed by atoms with Crippen molar-refractivity contribution in [3.05, 3.63) is 152 Å². The minimum absolute atomic E-state index is 0.672. The summed E-state index contributed by atoms with van der Waals surface area (Å²) in [5.41, 5.74) is 10.4. The fourth-order valence-electron chi connectivity index (χ4n) is 6.19. The Morgan fingerprint density at radius 1 is 0.378 bits per heavy atom. The minimum atomic E-state index is 0.672. The van der Waals surface area contributed by atoms with Gasteiger partial charge in [0.15, 0.2) is 0 Å². The molecule has 0 aliphatic rings. The first-order valence-electron chi connectivity index (χ1n) is 14.9. The van der Waals surface area contributed by atoms with E-state index in [0.29, 0.717) is 5.71 Å². The number of fused-ring (bicyclic) bond motifs is 6. The zero-order valence-corrected chi connectivity index (χ0v) is 24.9. The predicted molar refractivity (Wildman–Crippen MR) is 186 cm³/mol. The standard InChI is InChI=1S/C41H25NO2S/c1-2-15-38-34(13-1)35-18-16-31(25-40(35)43-38)29-10-5-12-33(23-29)45-32-11-4-9-28(22-32)26-7-3-8-27(21-26)30-17-19-39-37(24-30)36-14-6-20-42-41(36)44-39/h1-25H. The van der Waals surface area contributed by atoms with Gasteiger partial charge in [0, 0.05) is 37.5 Å². The number of aromatic nitrogens is 1. The predicted octanol–water partition coefficient (Wildman–Crippen LogP) is 12.0. The number of hydrogen-bond acceptors (Lipinski definition) is 4. The zero-order chi connectivity index (χ0) is 29.7. The van der Waals surface area contributed by atoms with E-state index in [9.17, 15) is 0 Å². The lowest BCUT2D eigenvalue weighted by Gasteiger charge is -2.09. The quantitative estimate of drug-likeness (QED) is 0.198. The maximum Gasteiger partial charge on any atom is 0.227 e. The Morgan fingerprint density at radius 3 is 1.78 bits per heavy atom. The van der Waals surface area contributed by atoms with E-state index in [4.69, 9.17) is 8.83 Å². The normalized spacial score (nSPS) is 11.6. The Morgan fingerprint density at radius 2 is 0.978 bits per heavy atom. The highest BCUT2D eigenvalue weighted by Gasteiger charge is 2.11. The van der Waals surface area contributed by atoms with E-state index in [1.807, 2.05) is 24.3 Å². The van der Waals surface area contributed by atoms with Crippen molar-refractivity contribution in [2.45, 2.75) is 9.79 Å². The van der Waals surface area contributed by atoms with Crippen LogP contribution in [-0.2, 0) is 0 Å². The molecule has 9 rings (SSSR count). The second-order valence-corrected chi connectivity index (χ2v) is 12.4. The Balaban J connectivity index is 1.00. The van der Waals surface area contributed by atoms with Gasteiger partial charge in [-0.3, -0.25) is 0 Å². The van der Waals surface area contributed by atoms with Gasteiger partial charge in [-0.05, 0) is 106 Å². The topological polar surface area (TPSA) is 39.2 Å². The SMILES string of the molecule is c1cc(Sc2cccc(-c3ccc4c(c3)oc3ccccc34)c2)cc(-c2cccc(-c3ccc4oc5ncccc5c4c3)c2)c1. The van der Waals surface area contributed by atoms with Gasteiger partial charge in [-0.1, -0.05) is 84.6 Å². The van der Waals surface area contributed by atoms with Crippen molar-refractivity contribution >= 4 is 55.8 Å². The van der Waals surface area contributed by atoms with E-state index in [2.05, 4.69) is 126 Å². The van der Waals surface area contributed by atoms with Gasteiger partial charge >= 0.3 is 0 Å². The summed E-state index contributed by atoms with van der Waals surface area (Å²) >= 11 is 1.78. The maximum absolute atomic E-state index is 6.15. The number of para-hydroxylation sites is 1. The van der Waals surface area contributed by atoms with E-state index in [1.165, 1.54) is 32.0 Å². The van der Waals surface area contributed by atoms with E-state index in [1.54, 1.807) is 18.0 Å². The largest absolute Gasteiger partial charge is 0.456 e. The molecule has 0 aliphatic heterocycles. The molecule has 0 saturated heterocycles. The first-order chi connectivity index (χ1) is 22.2. The number of pyridine rings is 1. The van der Waals surface area contributed by atoms with Crippen molar-refractivity contribution in [3.63, 3.8) is 0 Å². The summed E-state index contributed by atoms with van der Waals surface area (Å²) in [6, 6.07) is 51.3. The van der Waals surface area contributed by atoms with Crippen LogP contribution in [0.25, 0.3) is 77.4 Å². The monoisotopic (exact) mass is 595 g/mol. The highest BCUT2D eigenvalue weighted by molar-refractivity contribution is 7.99. The van der Waals surface area contributed by atoms with Crippen LogP contribution in [0.3, 0.4) is 0 Å². The van der Waals surface area contributed by atoms with Crippen molar-refractivity contribution in [2.75, 3.05) is 0 Å². The molecule has 0 bridgehead atoms. The zero-order valence-electron chi connectivity index (χ0n) is 24.1. The summed E-state index contributed by atoms with van der Waals surface area (Å²) in [6.07, 6.45) is 1.76. The summed E-state index contributed by atoms with van der Waals surface area (Å²) < 4.78 is 12.1. The van der Waals surface area contributed by atoms with Gasteiger partial charge in [0.1, 0.15) is 16.7 Å². The average Bonchev–Trinajstić information content (AvgIpc) is 3.66. The fraction of sp³-hybridized carbons (Fsp3) is 0. The third-order valence-corrected chi connectivity index (χ3v) is 9.37. The molecule has 0 saturated carbocycles. The molecule has 6 aromatic carbocycles. The number of benzene rings is 6. The summed E-state index contributed by atoms with van der Waals surface area (Å²) in [6.45, 7) is 0. The van der Waals surface area contributed by atoms with Gasteiger partial charge in [0.05, 0.1) is 0 Å². The van der Waals surface area contributed by atoms with Gasteiger partial charge in [-0.25, -0.2) is 4.98 Å². The third kappa shape index (κ3) is 4.67. The van der Waals surface area contributed by atoms with Crippen LogP contribution < -0.4 is 0 Å². The lowest BCUT2D eigenvalue weighted by molar-refractivity contribution is 0.654. The van der Waals surface area contributed by atoms with E-state index >= 15 is 0 Å². The molecule has 0 aliphatic carbocycles. The smallest absolute Gasteiger partial charge is 0.227 e. The molecule has 0 amide bonds. The van der Waals surface area contributed by atoms with Gasteiger partial charge in [0.2, 0.25) is 5.71 Å². The molecule has 4 heteroatoms. The average molecular weight is 596 g/mol. The molecule has 9 aromatic rings. The number of hydrogen-bond donors (Lipinski definition) is 0. The second-order valence-electron chi connectivity index (χ2n) is 11.2. The van der Waals surface area contributed by atoms with Crippen molar-refractivity contribution in [1.29, 1.82) is 0 Å². The first-order valence-corrected chi connectivity index (χ1v) is 15.7. The molecule has 45 heavy (non-hydrogen) atoms. The molecular formula is C41H25NO2S. The lowest BCUT2D eigenvalue weighted by atomic mass is 9.98. The molecule has 3 heterocycles. The van der Waals surface area contributed by atoms with Crippen LogP contribution in [-0.4, -0.2) is 4.98 Å². The molecular weight excluding hydrogens is 571 g/mol. The van der Waals surface area contributed by atoms with Gasteiger partial charge in [-0.2, -0.15) is 0 Å². The highest BCUT2D eigenvalue weighted by Crippen LogP contribution is 2.37. The van der Waals surface area contributed by atoms with E-state index in [0.717, 1.165) is 49.4 Å². The Labute approximate surface area is 263 Å². The van der Waals surface area contributed by atoms with Crippen LogP contribution in [0.2, 0.25) is 0 Å². The van der Waals surface area contributed by atoms with Crippen LogP contribution in [0.4, 0.5) is 0 Å². The van der Waals surface area contributed by atoms with Crippen LogP contribution in [0.15, 0.2) is 170 Å². The molecule has 0 radical (unpaired) electrons. The summed E-state index contributed by atoms with van der Waals surface area (Å²) in [4.78, 5) is 6.77. The van der Waals surface area contributed by atoms with Crippen LogP contribution in [0.5, 0.6) is 0 Å². The Kier molecular flexibility index (Phi) is 6.06. The van der Waals surface area contributed by atoms with Gasteiger partial charge < -0.3 is 8.83 Å². The van der Waals surface area contributed by atoms with Crippen LogP contribution in [0.1, 0.15) is 0 Å². The van der Waals surface area contributed by atoms with Crippen molar-refractivity contribution < 1.29 is 8.83 Å². The number of nitrogens with zero attached hydrogens (tertiary/aromatic N) is 1. The first kappa shape index (κ1) is 25.9. The van der Waals surface area contributed by atoms with E-state index < -0.39 is 0 Å². The number of rotatable bonds is 5. The number of furan rings is 2. The molecule has 0 fully saturated rings. The summed E-state index contributed by atoms with van der Waals surface area (Å²) in [7, 11) is 0. The summed E-state index contributed by atoms with van der Waals surface area (Å²) in [5, 5.41) is 4.42. The second kappa shape index (κ2) is 10.5. The van der Waals surface area contributed by atoms with E-state index in [-0.39, 0.29) is 0 Å². The molecule has 0 spiro atoms. The third-order valence-electron chi connectivity index (χ3n) is 8.39. The van der Waals surface area contributed by atoms with Crippen LogP contribution in [0, 0.1) is 0 Å². The van der Waals surface area contributed by atoms with Crippen molar-refractivity contribution in [2.24, 2.45) is 0 Å². The molecule has 3 aromatic heterocycles. The molecule has 3 nitrogen and oxygen atoms in total.